The molecule has 0 aliphatic heterocycles. The molecule has 7 aromatic rings. The molecule has 1 heterocycles. The van der Waals surface area contributed by atoms with Gasteiger partial charge in [0.1, 0.15) is 0 Å². The first kappa shape index (κ1) is 23.0. The van der Waals surface area contributed by atoms with Crippen LogP contribution >= 0.6 is 0 Å². The van der Waals surface area contributed by atoms with Gasteiger partial charge in [-0.1, -0.05) is 123 Å². The lowest BCUT2D eigenvalue weighted by molar-refractivity contribution is 0.951. The van der Waals surface area contributed by atoms with E-state index in [2.05, 4.69) is 126 Å². The van der Waals surface area contributed by atoms with Crippen LogP contribution in [0.4, 0.5) is 0 Å². The van der Waals surface area contributed by atoms with Gasteiger partial charge in [0.05, 0.1) is 17.4 Å². The molecular formula is C35H30N2. The van der Waals surface area contributed by atoms with Gasteiger partial charge in [-0.05, 0) is 49.9 Å². The van der Waals surface area contributed by atoms with Crippen molar-refractivity contribution in [1.29, 1.82) is 0 Å². The Balaban J connectivity index is 0.000000128. The van der Waals surface area contributed by atoms with Gasteiger partial charge in [-0.15, -0.1) is 0 Å². The molecule has 0 amide bonds. The van der Waals surface area contributed by atoms with E-state index in [0.717, 1.165) is 11.9 Å². The van der Waals surface area contributed by atoms with Gasteiger partial charge in [0, 0.05) is 17.8 Å². The molecule has 0 saturated heterocycles. The summed E-state index contributed by atoms with van der Waals surface area (Å²) in [7, 11) is 2.05. The summed E-state index contributed by atoms with van der Waals surface area (Å²) in [4.78, 5) is 4.56. The summed E-state index contributed by atoms with van der Waals surface area (Å²) >= 11 is 0. The summed E-state index contributed by atoms with van der Waals surface area (Å²) in [5.74, 6) is 0. The molecule has 0 N–H and O–H groups in total. The highest BCUT2D eigenvalue weighted by Crippen LogP contribution is 2.37. The Morgan fingerprint density at radius 3 is 1.68 bits per heavy atom. The molecule has 180 valence electrons. The van der Waals surface area contributed by atoms with Crippen LogP contribution < -0.4 is 0 Å². The lowest BCUT2D eigenvalue weighted by atomic mass is 9.93. The molecule has 0 spiro atoms. The van der Waals surface area contributed by atoms with Gasteiger partial charge in [-0.25, -0.2) is 4.98 Å². The number of aromatic nitrogens is 2. The molecule has 2 nitrogen and oxygen atoms in total. The highest BCUT2D eigenvalue weighted by molar-refractivity contribution is 6.23. The topological polar surface area (TPSA) is 17.8 Å². The van der Waals surface area contributed by atoms with Gasteiger partial charge in [-0.2, -0.15) is 0 Å². The van der Waals surface area contributed by atoms with E-state index < -0.39 is 0 Å². The van der Waals surface area contributed by atoms with E-state index in [1.807, 2.05) is 20.2 Å². The van der Waals surface area contributed by atoms with E-state index in [-0.39, 0.29) is 0 Å². The molecule has 0 fully saturated rings. The van der Waals surface area contributed by atoms with Crippen LogP contribution in [-0.2, 0) is 13.5 Å². The molecule has 0 saturated carbocycles. The molecule has 0 radical (unpaired) electrons. The highest BCUT2D eigenvalue weighted by atomic mass is 15.0. The zero-order valence-corrected chi connectivity index (χ0v) is 21.6. The van der Waals surface area contributed by atoms with Crippen molar-refractivity contribution in [2.75, 3.05) is 0 Å². The lowest BCUT2D eigenvalue weighted by Crippen LogP contribution is -1.88. The second kappa shape index (κ2) is 9.55. The summed E-state index contributed by atoms with van der Waals surface area (Å²) in [6.07, 6.45) is 7.50. The maximum Gasteiger partial charge on any atom is 0.0969 e. The number of hydrogen-bond acceptors (Lipinski definition) is 1. The van der Waals surface area contributed by atoms with Crippen LogP contribution in [0, 0.1) is 0 Å². The number of fused-ring (bicyclic) bond motifs is 12. The van der Waals surface area contributed by atoms with Crippen LogP contribution in [0.25, 0.3) is 60.2 Å². The third-order valence-electron chi connectivity index (χ3n) is 7.28. The van der Waals surface area contributed by atoms with Gasteiger partial charge in [0.15, 0.2) is 0 Å². The minimum absolute atomic E-state index is 1.07. The fourth-order valence-corrected chi connectivity index (χ4v) is 5.74. The molecule has 1 aliphatic rings. The third kappa shape index (κ3) is 3.68. The zero-order chi connectivity index (χ0) is 25.4. The number of imidazole rings is 1. The Labute approximate surface area is 217 Å². The summed E-state index contributed by atoms with van der Waals surface area (Å²) < 4.78 is 2.10. The standard InChI is InChI=1S/C17H12.C16H12N2.C2H6/c1-3-8-14-12(6-1)13-7-2-4-9-15(13)17-11-5-10-16(14)17;1-18-10-17-15-13-8-4-2-6-11(13)12-7-3-5-9-14(12)16(15)18;1-2/h1-10H,11H2;2-10H,1H3;1-2H3. The van der Waals surface area contributed by atoms with Gasteiger partial charge in [-0.3, -0.25) is 0 Å². The summed E-state index contributed by atoms with van der Waals surface area (Å²) in [5.41, 5.74) is 5.20. The van der Waals surface area contributed by atoms with Crippen molar-refractivity contribution in [2.24, 2.45) is 7.05 Å². The highest BCUT2D eigenvalue weighted by Gasteiger charge is 2.14. The molecule has 1 aliphatic carbocycles. The lowest BCUT2D eigenvalue weighted by Gasteiger charge is -2.10. The van der Waals surface area contributed by atoms with Crippen molar-refractivity contribution >= 4 is 60.2 Å². The van der Waals surface area contributed by atoms with Crippen molar-refractivity contribution in [3.8, 4) is 0 Å². The molecule has 0 unspecified atom stereocenters. The molecular weight excluding hydrogens is 448 g/mol. The monoisotopic (exact) mass is 478 g/mol. The van der Waals surface area contributed by atoms with Gasteiger partial charge in [0.25, 0.3) is 0 Å². The molecule has 6 aromatic carbocycles. The largest absolute Gasteiger partial charge is 0.333 e. The number of aryl methyl sites for hydroxylation is 1. The maximum absolute atomic E-state index is 4.56. The van der Waals surface area contributed by atoms with Gasteiger partial charge >= 0.3 is 0 Å². The van der Waals surface area contributed by atoms with Crippen LogP contribution in [0.2, 0.25) is 0 Å². The molecule has 0 bridgehead atoms. The third-order valence-corrected chi connectivity index (χ3v) is 7.28. The van der Waals surface area contributed by atoms with Crippen molar-refractivity contribution < 1.29 is 0 Å². The first-order valence-corrected chi connectivity index (χ1v) is 13.1. The van der Waals surface area contributed by atoms with E-state index in [0.29, 0.717) is 0 Å². The van der Waals surface area contributed by atoms with Crippen LogP contribution in [0.3, 0.4) is 0 Å². The first-order chi connectivity index (χ1) is 18.3. The molecule has 2 heteroatoms. The summed E-state index contributed by atoms with van der Waals surface area (Å²) in [6.45, 7) is 4.00. The minimum atomic E-state index is 1.07. The Morgan fingerprint density at radius 2 is 1.03 bits per heavy atom. The number of allylic oxidation sites excluding steroid dienone is 1. The van der Waals surface area contributed by atoms with Crippen molar-refractivity contribution in [3.05, 3.63) is 121 Å². The Hall–Kier alpha value is -4.43. The maximum atomic E-state index is 4.56. The fourth-order valence-electron chi connectivity index (χ4n) is 5.74. The van der Waals surface area contributed by atoms with Crippen LogP contribution in [-0.4, -0.2) is 9.55 Å². The van der Waals surface area contributed by atoms with Crippen molar-refractivity contribution in [1.82, 2.24) is 9.55 Å². The van der Waals surface area contributed by atoms with E-state index in [1.165, 1.54) is 59.7 Å². The van der Waals surface area contributed by atoms with Gasteiger partial charge < -0.3 is 4.57 Å². The summed E-state index contributed by atoms with van der Waals surface area (Å²) in [5, 5.41) is 10.6. The van der Waals surface area contributed by atoms with Crippen LogP contribution in [0.1, 0.15) is 25.0 Å². The fraction of sp³-hybridized carbons (Fsp3) is 0.114. The van der Waals surface area contributed by atoms with E-state index >= 15 is 0 Å². The number of rotatable bonds is 0. The molecule has 37 heavy (non-hydrogen) atoms. The molecule has 8 rings (SSSR count). The Kier molecular flexibility index (Phi) is 5.94. The number of hydrogen-bond donors (Lipinski definition) is 0. The second-order valence-electron chi connectivity index (χ2n) is 9.23. The molecule has 1 aromatic heterocycles. The van der Waals surface area contributed by atoms with Crippen LogP contribution in [0.15, 0.2) is 109 Å². The smallest absolute Gasteiger partial charge is 0.0969 e. The average Bonchev–Trinajstić information content (AvgIpc) is 3.63. The predicted molar refractivity (Wildman–Crippen MR) is 161 cm³/mol. The quantitative estimate of drug-likeness (QED) is 0.198. The second-order valence-corrected chi connectivity index (χ2v) is 9.23. The van der Waals surface area contributed by atoms with Gasteiger partial charge in [0.2, 0.25) is 0 Å². The number of nitrogens with zero attached hydrogens (tertiary/aromatic N) is 2. The van der Waals surface area contributed by atoms with Crippen molar-refractivity contribution in [2.45, 2.75) is 20.3 Å². The first-order valence-electron chi connectivity index (χ1n) is 13.1. The van der Waals surface area contributed by atoms with E-state index in [4.69, 9.17) is 0 Å². The average molecular weight is 479 g/mol. The van der Waals surface area contributed by atoms with E-state index in [9.17, 15) is 0 Å². The molecule has 0 atom stereocenters. The summed E-state index contributed by atoms with van der Waals surface area (Å²) in [6, 6.07) is 34.5. The Morgan fingerprint density at radius 1 is 0.568 bits per heavy atom. The zero-order valence-electron chi connectivity index (χ0n) is 21.6. The Bertz CT molecular complexity index is 1940. The minimum Gasteiger partial charge on any atom is -0.333 e. The van der Waals surface area contributed by atoms with Crippen molar-refractivity contribution in [3.63, 3.8) is 0 Å². The van der Waals surface area contributed by atoms with Crippen LogP contribution in [0.5, 0.6) is 0 Å². The normalized spacial score (nSPS) is 12.0. The number of benzene rings is 6. The van der Waals surface area contributed by atoms with E-state index in [1.54, 1.807) is 0 Å². The predicted octanol–water partition coefficient (Wildman–Crippen LogP) is 9.47. The SMILES string of the molecule is C1=Cc2c(c3ccccc3c3ccccc23)C1.CC.Cn1cnc2c3ccccc3c3ccccc3c21.